The third-order valence-electron chi connectivity index (χ3n) is 5.83. The van der Waals surface area contributed by atoms with Crippen molar-refractivity contribution < 1.29 is 32.6 Å². The molecule has 8 nitrogen and oxygen atoms in total. The SMILES string of the molecule is COc1ccc2c(c1)NC(=O)[C@@H](N(C(=O)Cc1cc(F)cc(F)c1)C(=O)[C@H](C)N)[C@@H](c1ccccc1)O2. The molecule has 0 bridgehead atoms. The average Bonchev–Trinajstić information content (AvgIpc) is 2.99. The van der Waals surface area contributed by atoms with Crippen LogP contribution in [0.2, 0.25) is 0 Å². The van der Waals surface area contributed by atoms with Gasteiger partial charge in [0, 0.05) is 12.1 Å². The topological polar surface area (TPSA) is 111 Å². The summed E-state index contributed by atoms with van der Waals surface area (Å²) in [6.45, 7) is 1.37. The number of nitrogens with one attached hydrogen (secondary N) is 1. The number of methoxy groups -OCH3 is 1. The molecule has 192 valence electrons. The van der Waals surface area contributed by atoms with Gasteiger partial charge in [0.2, 0.25) is 11.8 Å². The smallest absolute Gasteiger partial charge is 0.252 e. The van der Waals surface area contributed by atoms with Crippen LogP contribution >= 0.6 is 0 Å². The zero-order chi connectivity index (χ0) is 26.7. The summed E-state index contributed by atoms with van der Waals surface area (Å²) < 4.78 is 39.0. The average molecular weight is 510 g/mol. The van der Waals surface area contributed by atoms with E-state index < -0.39 is 54.0 Å². The number of amides is 3. The Morgan fingerprint density at radius 1 is 1.08 bits per heavy atom. The van der Waals surface area contributed by atoms with Crippen molar-refractivity contribution in [2.24, 2.45) is 5.73 Å². The third kappa shape index (κ3) is 5.59. The van der Waals surface area contributed by atoms with E-state index in [4.69, 9.17) is 15.2 Å². The highest BCUT2D eigenvalue weighted by molar-refractivity contribution is 6.06. The Hall–Kier alpha value is -4.31. The number of fused-ring (bicyclic) bond motifs is 1. The summed E-state index contributed by atoms with van der Waals surface area (Å²) in [5, 5.41) is 2.71. The Labute approximate surface area is 212 Å². The number of ether oxygens (including phenoxy) is 2. The molecule has 1 aliphatic rings. The van der Waals surface area contributed by atoms with Gasteiger partial charge in [-0.3, -0.25) is 19.3 Å². The Morgan fingerprint density at radius 2 is 1.76 bits per heavy atom. The number of carbonyl (C=O) groups is 3. The molecule has 3 aromatic carbocycles. The summed E-state index contributed by atoms with van der Waals surface area (Å²) in [5.74, 6) is -3.46. The van der Waals surface area contributed by atoms with Gasteiger partial charge in [-0.1, -0.05) is 30.3 Å². The lowest BCUT2D eigenvalue weighted by molar-refractivity contribution is -0.154. The van der Waals surface area contributed by atoms with Gasteiger partial charge in [-0.25, -0.2) is 8.78 Å². The van der Waals surface area contributed by atoms with E-state index in [1.807, 2.05) is 0 Å². The zero-order valence-corrected chi connectivity index (χ0v) is 20.1. The molecule has 0 saturated carbocycles. The van der Waals surface area contributed by atoms with Crippen LogP contribution in [0.5, 0.6) is 11.5 Å². The third-order valence-corrected chi connectivity index (χ3v) is 5.83. The number of carbonyl (C=O) groups excluding carboxylic acids is 3. The maximum absolute atomic E-state index is 13.8. The molecule has 0 unspecified atom stereocenters. The first-order valence-electron chi connectivity index (χ1n) is 11.4. The second-order valence-corrected chi connectivity index (χ2v) is 8.59. The lowest BCUT2D eigenvalue weighted by atomic mass is 9.98. The van der Waals surface area contributed by atoms with Crippen molar-refractivity contribution in [1.29, 1.82) is 0 Å². The van der Waals surface area contributed by atoms with Gasteiger partial charge in [0.1, 0.15) is 23.1 Å². The lowest BCUT2D eigenvalue weighted by Crippen LogP contribution is -2.57. The van der Waals surface area contributed by atoms with Crippen LogP contribution in [0.15, 0.2) is 66.7 Å². The van der Waals surface area contributed by atoms with Crippen LogP contribution in [0.1, 0.15) is 24.2 Å². The fourth-order valence-electron chi connectivity index (χ4n) is 4.13. The summed E-state index contributed by atoms with van der Waals surface area (Å²) in [4.78, 5) is 41.2. The first kappa shape index (κ1) is 25.8. The fourth-order valence-corrected chi connectivity index (χ4v) is 4.13. The van der Waals surface area contributed by atoms with Crippen LogP contribution < -0.4 is 20.5 Å². The summed E-state index contributed by atoms with van der Waals surface area (Å²) in [5.41, 5.74) is 6.64. The molecule has 1 aliphatic heterocycles. The van der Waals surface area contributed by atoms with E-state index in [0.717, 1.165) is 17.0 Å². The van der Waals surface area contributed by atoms with Crippen molar-refractivity contribution in [3.05, 3.63) is 89.5 Å². The van der Waals surface area contributed by atoms with Gasteiger partial charge < -0.3 is 20.5 Å². The normalized spacial score (nSPS) is 17.5. The Kier molecular flexibility index (Phi) is 7.49. The number of rotatable bonds is 6. The summed E-state index contributed by atoms with van der Waals surface area (Å²) in [6, 6.07) is 13.4. The number of benzene rings is 3. The summed E-state index contributed by atoms with van der Waals surface area (Å²) >= 11 is 0. The van der Waals surface area contributed by atoms with E-state index in [9.17, 15) is 23.2 Å². The van der Waals surface area contributed by atoms with Crippen molar-refractivity contribution in [2.45, 2.75) is 31.5 Å². The molecule has 0 aliphatic carbocycles. The van der Waals surface area contributed by atoms with E-state index >= 15 is 0 Å². The molecule has 0 fully saturated rings. The predicted octanol–water partition coefficient (Wildman–Crippen LogP) is 3.36. The molecule has 37 heavy (non-hydrogen) atoms. The van der Waals surface area contributed by atoms with Gasteiger partial charge in [-0.05, 0) is 42.3 Å². The molecule has 1 heterocycles. The van der Waals surface area contributed by atoms with Gasteiger partial charge in [0.15, 0.2) is 12.1 Å². The van der Waals surface area contributed by atoms with E-state index in [-0.39, 0.29) is 11.3 Å². The first-order chi connectivity index (χ1) is 17.7. The fraction of sp³-hybridized carbons (Fsp3) is 0.222. The Morgan fingerprint density at radius 3 is 2.38 bits per heavy atom. The number of imide groups is 1. The minimum atomic E-state index is -1.50. The van der Waals surface area contributed by atoms with E-state index in [1.165, 1.54) is 14.0 Å². The minimum absolute atomic E-state index is 0.00999. The second kappa shape index (κ2) is 10.8. The standard InChI is InChI=1S/C27H25F2N3O5/c1-15(30)27(35)32(23(33)12-16-10-18(28)13-19(29)11-16)24-25(17-6-4-3-5-7-17)37-22-9-8-20(36-2)14-21(22)31-26(24)34/h3-11,13-15,24-25H,12,30H2,1-2H3,(H,31,34)/t15-,24-,25+/m0/s1. The van der Waals surface area contributed by atoms with Gasteiger partial charge >= 0.3 is 0 Å². The monoisotopic (exact) mass is 509 g/mol. The highest BCUT2D eigenvalue weighted by Gasteiger charge is 2.45. The van der Waals surface area contributed by atoms with Gasteiger partial charge in [-0.15, -0.1) is 0 Å². The van der Waals surface area contributed by atoms with E-state index in [2.05, 4.69) is 5.32 Å². The molecule has 3 aromatic rings. The zero-order valence-electron chi connectivity index (χ0n) is 20.1. The summed E-state index contributed by atoms with van der Waals surface area (Å²) in [7, 11) is 1.47. The molecule has 0 saturated heterocycles. The molecule has 0 aromatic heterocycles. The second-order valence-electron chi connectivity index (χ2n) is 8.59. The molecule has 0 radical (unpaired) electrons. The van der Waals surface area contributed by atoms with E-state index in [1.54, 1.807) is 48.5 Å². The molecular formula is C27H25F2N3O5. The number of nitrogens with two attached hydrogens (primary N) is 1. The highest BCUT2D eigenvalue weighted by Crippen LogP contribution is 2.38. The summed E-state index contributed by atoms with van der Waals surface area (Å²) in [6.07, 6.45) is -1.68. The highest BCUT2D eigenvalue weighted by atomic mass is 19.1. The predicted molar refractivity (Wildman–Crippen MR) is 131 cm³/mol. The van der Waals surface area contributed by atoms with Crippen molar-refractivity contribution in [1.82, 2.24) is 4.90 Å². The molecule has 3 atom stereocenters. The molecule has 4 rings (SSSR count). The Bertz CT molecular complexity index is 1310. The molecule has 10 heteroatoms. The van der Waals surface area contributed by atoms with Gasteiger partial charge in [0.25, 0.3) is 5.91 Å². The quantitative estimate of drug-likeness (QED) is 0.527. The maximum atomic E-state index is 13.8. The van der Waals surface area contributed by atoms with Crippen molar-refractivity contribution >= 4 is 23.4 Å². The first-order valence-corrected chi connectivity index (χ1v) is 11.4. The van der Waals surface area contributed by atoms with Crippen molar-refractivity contribution in [3.63, 3.8) is 0 Å². The van der Waals surface area contributed by atoms with Crippen LogP contribution in [0.4, 0.5) is 14.5 Å². The number of halogens is 2. The van der Waals surface area contributed by atoms with Crippen molar-refractivity contribution in [2.75, 3.05) is 12.4 Å². The molecule has 3 amide bonds. The van der Waals surface area contributed by atoms with Gasteiger partial charge in [-0.2, -0.15) is 0 Å². The molecular weight excluding hydrogens is 484 g/mol. The number of hydrogen-bond donors (Lipinski definition) is 2. The van der Waals surface area contributed by atoms with Crippen LogP contribution in [-0.4, -0.2) is 41.8 Å². The number of anilines is 1. The largest absolute Gasteiger partial charge is 0.497 e. The van der Waals surface area contributed by atoms with Crippen LogP contribution in [0, 0.1) is 11.6 Å². The number of nitrogens with zero attached hydrogens (tertiary/aromatic N) is 1. The lowest BCUT2D eigenvalue weighted by Gasteiger charge is -2.34. The molecule has 3 N–H and O–H groups in total. The van der Waals surface area contributed by atoms with E-state index in [0.29, 0.717) is 23.1 Å². The number of hydrogen-bond acceptors (Lipinski definition) is 6. The Balaban J connectivity index is 1.81. The van der Waals surface area contributed by atoms with Crippen LogP contribution in [-0.2, 0) is 20.8 Å². The maximum Gasteiger partial charge on any atom is 0.252 e. The molecule has 0 spiro atoms. The van der Waals surface area contributed by atoms with Crippen molar-refractivity contribution in [3.8, 4) is 11.5 Å². The van der Waals surface area contributed by atoms with Crippen LogP contribution in [0.3, 0.4) is 0 Å². The van der Waals surface area contributed by atoms with Crippen LogP contribution in [0.25, 0.3) is 0 Å². The minimum Gasteiger partial charge on any atom is -0.497 e. The van der Waals surface area contributed by atoms with Gasteiger partial charge in [0.05, 0.1) is 25.3 Å².